The van der Waals surface area contributed by atoms with Gasteiger partial charge in [0.05, 0.1) is 11.8 Å². The maximum Gasteiger partial charge on any atom is 0.258 e. The van der Waals surface area contributed by atoms with E-state index in [2.05, 4.69) is 9.88 Å². The lowest BCUT2D eigenvalue weighted by molar-refractivity contribution is 0.0662. The van der Waals surface area contributed by atoms with Crippen LogP contribution < -0.4 is 5.56 Å². The number of aliphatic hydroxyl groups excluding tert-OH is 1. The van der Waals surface area contributed by atoms with E-state index in [9.17, 15) is 9.90 Å². The van der Waals surface area contributed by atoms with E-state index in [0.29, 0.717) is 18.7 Å². The van der Waals surface area contributed by atoms with Crippen molar-refractivity contribution in [3.05, 3.63) is 46.0 Å². The molecule has 3 rings (SSSR count). The number of β-amino-alcohol motifs (C(OH)–C–C–N with tert-alkyl or cyclic N) is 1. The Kier molecular flexibility index (Phi) is 3.54. The Morgan fingerprint density at radius 1 is 1.45 bits per heavy atom. The Labute approximate surface area is 117 Å². The highest BCUT2D eigenvalue weighted by Crippen LogP contribution is 2.12. The second-order valence-corrected chi connectivity index (χ2v) is 5.55. The Hall–Kier alpha value is -1.72. The Morgan fingerprint density at radius 3 is 3.10 bits per heavy atom. The molecule has 0 amide bonds. The molecule has 106 valence electrons. The predicted molar refractivity (Wildman–Crippen MR) is 76.7 cm³/mol. The van der Waals surface area contributed by atoms with Crippen LogP contribution in [0.1, 0.15) is 24.1 Å². The molecule has 1 atom stereocenters. The highest BCUT2D eigenvalue weighted by molar-refractivity contribution is 5.41. The molecule has 2 aromatic rings. The normalized spacial score (nSPS) is 20.4. The molecule has 0 bridgehead atoms. The van der Waals surface area contributed by atoms with Gasteiger partial charge in [-0.2, -0.15) is 0 Å². The summed E-state index contributed by atoms with van der Waals surface area (Å²) in [6.07, 6.45) is 3.36. The molecule has 0 aliphatic carbocycles. The molecule has 0 saturated carbocycles. The summed E-state index contributed by atoms with van der Waals surface area (Å²) in [4.78, 5) is 18.8. The number of piperidine rings is 1. The largest absolute Gasteiger partial charge is 0.392 e. The molecular weight excluding hydrogens is 254 g/mol. The van der Waals surface area contributed by atoms with Crippen molar-refractivity contribution in [1.29, 1.82) is 0 Å². The molecule has 1 saturated heterocycles. The van der Waals surface area contributed by atoms with Crippen LogP contribution in [-0.4, -0.2) is 38.6 Å². The topological polar surface area (TPSA) is 57.8 Å². The summed E-state index contributed by atoms with van der Waals surface area (Å²) >= 11 is 0. The smallest absolute Gasteiger partial charge is 0.258 e. The van der Waals surface area contributed by atoms with Crippen molar-refractivity contribution >= 4 is 5.65 Å². The van der Waals surface area contributed by atoms with Crippen LogP contribution in [0.4, 0.5) is 0 Å². The molecule has 0 unspecified atom stereocenters. The predicted octanol–water partition coefficient (Wildman–Crippen LogP) is 0.960. The fourth-order valence-corrected chi connectivity index (χ4v) is 2.74. The maximum absolute atomic E-state index is 12.1. The zero-order valence-corrected chi connectivity index (χ0v) is 11.6. The van der Waals surface area contributed by atoms with E-state index >= 15 is 0 Å². The summed E-state index contributed by atoms with van der Waals surface area (Å²) in [5, 5.41) is 9.69. The first-order chi connectivity index (χ1) is 9.61. The summed E-state index contributed by atoms with van der Waals surface area (Å²) in [5.41, 5.74) is 2.49. The fourth-order valence-electron chi connectivity index (χ4n) is 2.74. The zero-order chi connectivity index (χ0) is 14.1. The van der Waals surface area contributed by atoms with Gasteiger partial charge >= 0.3 is 0 Å². The van der Waals surface area contributed by atoms with Crippen molar-refractivity contribution in [2.45, 2.75) is 32.4 Å². The summed E-state index contributed by atoms with van der Waals surface area (Å²) < 4.78 is 1.56. The van der Waals surface area contributed by atoms with Crippen molar-refractivity contribution in [2.24, 2.45) is 0 Å². The van der Waals surface area contributed by atoms with Gasteiger partial charge in [0.2, 0.25) is 0 Å². The number of fused-ring (bicyclic) bond motifs is 1. The van der Waals surface area contributed by atoms with Gasteiger partial charge in [0.15, 0.2) is 0 Å². The Morgan fingerprint density at radius 2 is 2.30 bits per heavy atom. The highest BCUT2D eigenvalue weighted by Gasteiger charge is 2.18. The molecule has 5 heteroatoms. The number of hydrogen-bond acceptors (Lipinski definition) is 4. The first-order valence-corrected chi connectivity index (χ1v) is 7.01. The van der Waals surface area contributed by atoms with E-state index in [4.69, 9.17) is 0 Å². The molecule has 0 spiro atoms. The van der Waals surface area contributed by atoms with Crippen LogP contribution in [0.2, 0.25) is 0 Å². The molecule has 1 N–H and O–H groups in total. The van der Waals surface area contributed by atoms with Gasteiger partial charge in [-0.15, -0.1) is 0 Å². The van der Waals surface area contributed by atoms with Crippen molar-refractivity contribution < 1.29 is 5.11 Å². The number of aliphatic hydroxyl groups is 1. The number of likely N-dealkylation sites (tertiary alicyclic amines) is 1. The van der Waals surface area contributed by atoms with Crippen molar-refractivity contribution in [3.63, 3.8) is 0 Å². The van der Waals surface area contributed by atoms with E-state index in [1.54, 1.807) is 16.7 Å². The van der Waals surface area contributed by atoms with Gasteiger partial charge in [-0.1, -0.05) is 0 Å². The monoisotopic (exact) mass is 273 g/mol. The van der Waals surface area contributed by atoms with Gasteiger partial charge in [0, 0.05) is 25.4 Å². The van der Waals surface area contributed by atoms with E-state index in [1.807, 2.05) is 19.1 Å². The first-order valence-electron chi connectivity index (χ1n) is 7.01. The lowest BCUT2D eigenvalue weighted by atomic mass is 10.1. The molecule has 1 aliphatic heterocycles. The van der Waals surface area contributed by atoms with Crippen molar-refractivity contribution in [2.75, 3.05) is 13.1 Å². The molecule has 1 fully saturated rings. The van der Waals surface area contributed by atoms with Crippen LogP contribution >= 0.6 is 0 Å². The lowest BCUT2D eigenvalue weighted by Gasteiger charge is -2.29. The van der Waals surface area contributed by atoms with Gasteiger partial charge in [0.25, 0.3) is 5.56 Å². The molecule has 3 heterocycles. The summed E-state index contributed by atoms with van der Waals surface area (Å²) in [5.74, 6) is 0. The standard InChI is InChI=1S/C15H19N3O2/c1-11-4-6-18-14(7-11)16-12(8-15(18)20)9-17-5-2-3-13(19)10-17/h4,6-8,13,19H,2-3,5,9-10H2,1H3/t13-/m0/s1. The number of nitrogens with zero attached hydrogens (tertiary/aromatic N) is 3. The Balaban J connectivity index is 1.90. The number of aryl methyl sites for hydroxylation is 1. The van der Waals surface area contributed by atoms with E-state index < -0.39 is 0 Å². The first kappa shape index (κ1) is 13.3. The van der Waals surface area contributed by atoms with Gasteiger partial charge in [-0.25, -0.2) is 4.98 Å². The van der Waals surface area contributed by atoms with Crippen molar-refractivity contribution in [3.8, 4) is 0 Å². The Bertz CT molecular complexity index is 680. The quantitative estimate of drug-likeness (QED) is 0.885. The van der Waals surface area contributed by atoms with Crippen LogP contribution in [0.15, 0.2) is 29.2 Å². The van der Waals surface area contributed by atoms with E-state index in [1.165, 1.54) is 0 Å². The maximum atomic E-state index is 12.1. The number of hydrogen-bond donors (Lipinski definition) is 1. The zero-order valence-electron chi connectivity index (χ0n) is 11.6. The average molecular weight is 273 g/mol. The van der Waals surface area contributed by atoms with Gasteiger partial charge in [-0.05, 0) is 44.0 Å². The second-order valence-electron chi connectivity index (χ2n) is 5.55. The third-order valence-corrected chi connectivity index (χ3v) is 3.74. The summed E-state index contributed by atoms with van der Waals surface area (Å²) in [7, 11) is 0. The number of rotatable bonds is 2. The molecular formula is C15H19N3O2. The van der Waals surface area contributed by atoms with Gasteiger partial charge < -0.3 is 5.11 Å². The van der Waals surface area contributed by atoms with Crippen molar-refractivity contribution in [1.82, 2.24) is 14.3 Å². The summed E-state index contributed by atoms with van der Waals surface area (Å²) in [6, 6.07) is 5.40. The minimum Gasteiger partial charge on any atom is -0.392 e. The van der Waals surface area contributed by atoms with Crippen LogP contribution in [0.25, 0.3) is 5.65 Å². The fraction of sp³-hybridized carbons (Fsp3) is 0.467. The SMILES string of the molecule is Cc1ccn2c(=O)cc(CN3CCC[C@H](O)C3)nc2c1. The lowest BCUT2D eigenvalue weighted by Crippen LogP contribution is -2.38. The third-order valence-electron chi connectivity index (χ3n) is 3.74. The molecule has 1 aliphatic rings. The van der Waals surface area contributed by atoms with Crippen LogP contribution in [-0.2, 0) is 6.54 Å². The number of pyridine rings is 1. The van der Waals surface area contributed by atoms with Crippen LogP contribution in [0.3, 0.4) is 0 Å². The van der Waals surface area contributed by atoms with Crippen LogP contribution in [0.5, 0.6) is 0 Å². The third kappa shape index (κ3) is 2.73. The highest BCUT2D eigenvalue weighted by atomic mass is 16.3. The second kappa shape index (κ2) is 5.34. The molecule has 20 heavy (non-hydrogen) atoms. The average Bonchev–Trinajstić information content (AvgIpc) is 2.38. The van der Waals surface area contributed by atoms with E-state index in [0.717, 1.165) is 30.6 Å². The molecule has 0 aromatic carbocycles. The van der Waals surface area contributed by atoms with Gasteiger partial charge in [0.1, 0.15) is 5.65 Å². The molecule has 2 aromatic heterocycles. The number of aromatic nitrogens is 2. The minimum atomic E-state index is -0.257. The molecule has 5 nitrogen and oxygen atoms in total. The van der Waals surface area contributed by atoms with Crippen LogP contribution in [0, 0.1) is 6.92 Å². The molecule has 0 radical (unpaired) electrons. The van der Waals surface area contributed by atoms with Gasteiger partial charge in [-0.3, -0.25) is 14.1 Å². The summed E-state index contributed by atoms with van der Waals surface area (Å²) in [6.45, 7) is 4.22. The minimum absolute atomic E-state index is 0.0532. The van der Waals surface area contributed by atoms with E-state index in [-0.39, 0.29) is 11.7 Å².